The third kappa shape index (κ3) is 5.05. The minimum Gasteiger partial charge on any atom is -0.427 e. The van der Waals surface area contributed by atoms with Crippen molar-refractivity contribution in [3.63, 3.8) is 0 Å². The zero-order chi connectivity index (χ0) is 17.8. The third-order valence-corrected chi connectivity index (χ3v) is 5.23. The van der Waals surface area contributed by atoms with Gasteiger partial charge in [-0.1, -0.05) is 0 Å². The van der Waals surface area contributed by atoms with Gasteiger partial charge in [-0.15, -0.1) is 0 Å². The van der Waals surface area contributed by atoms with Crippen LogP contribution < -0.4 is 5.73 Å². The number of aliphatic hydroxyl groups is 1. The number of aliphatic imine (C=N–C) groups is 1. The SMILES string of the molecule is CC(C)(O)C(C)(C)O[B]C(C=NC1CCN(C2COC2)CC1)=CN. The van der Waals surface area contributed by atoms with Gasteiger partial charge in [0.1, 0.15) is 0 Å². The molecule has 2 fully saturated rings. The van der Waals surface area contributed by atoms with Crippen molar-refractivity contribution in [1.82, 2.24) is 4.90 Å². The van der Waals surface area contributed by atoms with E-state index in [0.717, 1.165) is 39.1 Å². The van der Waals surface area contributed by atoms with Gasteiger partial charge in [-0.25, -0.2) is 0 Å². The lowest BCUT2D eigenvalue weighted by atomic mass is 9.83. The molecule has 0 bridgehead atoms. The van der Waals surface area contributed by atoms with E-state index in [0.29, 0.717) is 17.6 Å². The number of hydrogen-bond donors (Lipinski definition) is 2. The van der Waals surface area contributed by atoms with Crippen LogP contribution in [0.3, 0.4) is 0 Å². The summed E-state index contributed by atoms with van der Waals surface area (Å²) in [5, 5.41) is 10.1. The van der Waals surface area contributed by atoms with Crippen LogP contribution in [0.2, 0.25) is 0 Å². The van der Waals surface area contributed by atoms with Crippen molar-refractivity contribution in [1.29, 1.82) is 0 Å². The van der Waals surface area contributed by atoms with E-state index in [1.807, 2.05) is 13.8 Å². The van der Waals surface area contributed by atoms with Crippen molar-refractivity contribution in [2.24, 2.45) is 10.7 Å². The smallest absolute Gasteiger partial charge is 0.333 e. The zero-order valence-electron chi connectivity index (χ0n) is 15.4. The second-order valence-corrected chi connectivity index (χ2v) is 7.71. The zero-order valence-corrected chi connectivity index (χ0v) is 15.4. The molecule has 3 N–H and O–H groups in total. The van der Waals surface area contributed by atoms with E-state index in [1.165, 1.54) is 6.20 Å². The van der Waals surface area contributed by atoms with Crippen LogP contribution in [0.1, 0.15) is 40.5 Å². The second kappa shape index (κ2) is 8.00. The molecule has 2 heterocycles. The summed E-state index contributed by atoms with van der Waals surface area (Å²) in [6.45, 7) is 11.0. The quantitative estimate of drug-likeness (QED) is 0.533. The molecule has 0 aromatic rings. The molecule has 0 atom stereocenters. The summed E-state index contributed by atoms with van der Waals surface area (Å²) < 4.78 is 11.0. The number of nitrogens with two attached hydrogens (primary N) is 1. The van der Waals surface area contributed by atoms with Crippen molar-refractivity contribution in [2.75, 3.05) is 26.3 Å². The summed E-state index contributed by atoms with van der Waals surface area (Å²) in [7, 11) is 1.57. The van der Waals surface area contributed by atoms with E-state index in [4.69, 9.17) is 15.1 Å². The fourth-order valence-corrected chi connectivity index (χ4v) is 2.50. The molecule has 2 aliphatic rings. The molecule has 135 valence electrons. The third-order valence-electron chi connectivity index (χ3n) is 5.23. The molecule has 0 saturated carbocycles. The first-order valence-electron chi connectivity index (χ1n) is 8.73. The number of allylic oxidation sites excluding steroid dienone is 1. The van der Waals surface area contributed by atoms with Crippen LogP contribution >= 0.6 is 0 Å². The van der Waals surface area contributed by atoms with E-state index < -0.39 is 11.2 Å². The van der Waals surface area contributed by atoms with Gasteiger partial charge in [0.25, 0.3) is 0 Å². The maximum atomic E-state index is 10.1. The van der Waals surface area contributed by atoms with Gasteiger partial charge in [0.15, 0.2) is 0 Å². The normalized spacial score (nSPS) is 22.8. The van der Waals surface area contributed by atoms with E-state index in [1.54, 1.807) is 27.5 Å². The summed E-state index contributed by atoms with van der Waals surface area (Å²) in [6.07, 6.45) is 5.36. The Balaban J connectivity index is 1.77. The molecule has 6 nitrogen and oxygen atoms in total. The molecule has 24 heavy (non-hydrogen) atoms. The van der Waals surface area contributed by atoms with Gasteiger partial charge in [-0.2, -0.15) is 0 Å². The largest absolute Gasteiger partial charge is 0.427 e. The Hall–Kier alpha value is -0.885. The average molecular weight is 336 g/mol. The van der Waals surface area contributed by atoms with Gasteiger partial charge in [0.05, 0.1) is 36.5 Å². The molecule has 2 aliphatic heterocycles. The topological polar surface area (TPSA) is 80.3 Å². The lowest BCUT2D eigenvalue weighted by Gasteiger charge is -2.40. The Morgan fingerprint density at radius 2 is 1.92 bits per heavy atom. The second-order valence-electron chi connectivity index (χ2n) is 7.71. The Bertz CT molecular complexity index is 462. The van der Waals surface area contributed by atoms with Crippen LogP contribution in [0.15, 0.2) is 16.7 Å². The maximum absolute atomic E-state index is 10.1. The van der Waals surface area contributed by atoms with Gasteiger partial charge >= 0.3 is 7.48 Å². The highest BCUT2D eigenvalue weighted by atomic mass is 16.5. The Morgan fingerprint density at radius 3 is 2.38 bits per heavy atom. The summed E-state index contributed by atoms with van der Waals surface area (Å²) >= 11 is 0. The van der Waals surface area contributed by atoms with Crippen LogP contribution in [-0.4, -0.2) is 73.3 Å². The molecule has 7 heteroatoms. The molecule has 1 radical (unpaired) electrons. The average Bonchev–Trinajstić information content (AvgIpc) is 2.46. The minimum atomic E-state index is -0.960. The summed E-state index contributed by atoms with van der Waals surface area (Å²) in [6, 6.07) is 0.938. The van der Waals surface area contributed by atoms with Gasteiger partial charge in [-0.3, -0.25) is 9.89 Å². The van der Waals surface area contributed by atoms with Crippen molar-refractivity contribution in [2.45, 2.75) is 63.8 Å². The highest BCUT2D eigenvalue weighted by Gasteiger charge is 2.35. The first-order valence-corrected chi connectivity index (χ1v) is 8.73. The van der Waals surface area contributed by atoms with Crippen LogP contribution in [0.4, 0.5) is 0 Å². The molecular formula is C17H31BN3O3. The van der Waals surface area contributed by atoms with E-state index in [2.05, 4.69) is 9.89 Å². The van der Waals surface area contributed by atoms with Crippen LogP contribution in [0.5, 0.6) is 0 Å². The van der Waals surface area contributed by atoms with Gasteiger partial charge in [0, 0.05) is 19.3 Å². The molecular weight excluding hydrogens is 305 g/mol. The summed E-state index contributed by atoms with van der Waals surface area (Å²) in [5.41, 5.74) is 4.70. The Morgan fingerprint density at radius 1 is 1.29 bits per heavy atom. The fourth-order valence-electron chi connectivity index (χ4n) is 2.50. The first kappa shape index (κ1) is 19.4. The standard InChI is InChI=1S/C17H31BN3O3/c1-16(2,22)17(3,4)24-18-13(9-19)10-20-14-5-7-21(8-6-14)15-11-23-12-15/h9-10,14-15,22H,5-8,11-12,19H2,1-4H3. The Labute approximate surface area is 146 Å². The number of piperidine rings is 1. The highest BCUT2D eigenvalue weighted by molar-refractivity contribution is 6.46. The van der Waals surface area contributed by atoms with Crippen LogP contribution in [0, 0.1) is 0 Å². The Kier molecular flexibility index (Phi) is 6.48. The molecule has 0 spiro atoms. The van der Waals surface area contributed by atoms with E-state index in [9.17, 15) is 5.11 Å². The predicted molar refractivity (Wildman–Crippen MR) is 97.2 cm³/mol. The number of rotatable bonds is 7. The van der Waals surface area contributed by atoms with E-state index >= 15 is 0 Å². The number of nitrogens with zero attached hydrogens (tertiary/aromatic N) is 2. The monoisotopic (exact) mass is 336 g/mol. The maximum Gasteiger partial charge on any atom is 0.333 e. The summed E-state index contributed by atoms with van der Waals surface area (Å²) in [4.78, 5) is 7.15. The van der Waals surface area contributed by atoms with Gasteiger partial charge < -0.3 is 20.2 Å². The lowest BCUT2D eigenvalue weighted by molar-refractivity contribution is -0.0895. The fraction of sp³-hybridized carbons (Fsp3) is 0.824. The minimum absolute atomic E-state index is 0.327. The molecule has 0 aromatic heterocycles. The van der Waals surface area contributed by atoms with Crippen molar-refractivity contribution in [3.05, 3.63) is 11.7 Å². The molecule has 0 amide bonds. The molecule has 0 aromatic carbocycles. The van der Waals surface area contributed by atoms with E-state index in [-0.39, 0.29) is 0 Å². The molecule has 2 rings (SSSR count). The van der Waals surface area contributed by atoms with Gasteiger partial charge in [-0.05, 0) is 52.2 Å². The predicted octanol–water partition coefficient (Wildman–Crippen LogP) is 0.906. The number of likely N-dealkylation sites (tertiary alicyclic amines) is 1. The van der Waals surface area contributed by atoms with Crippen molar-refractivity contribution in [3.8, 4) is 0 Å². The lowest BCUT2D eigenvalue weighted by Crippen LogP contribution is -2.52. The van der Waals surface area contributed by atoms with Crippen molar-refractivity contribution < 1.29 is 14.5 Å². The number of hydrogen-bond acceptors (Lipinski definition) is 6. The summed E-state index contributed by atoms with van der Waals surface area (Å²) in [5.74, 6) is 0. The first-order chi connectivity index (χ1) is 11.2. The molecule has 0 aliphatic carbocycles. The molecule has 0 unspecified atom stereocenters. The van der Waals surface area contributed by atoms with Crippen molar-refractivity contribution >= 4 is 13.7 Å². The van der Waals surface area contributed by atoms with Crippen LogP contribution in [0.25, 0.3) is 0 Å². The molecule has 2 saturated heterocycles. The van der Waals surface area contributed by atoms with Crippen LogP contribution in [-0.2, 0) is 9.39 Å². The highest BCUT2D eigenvalue weighted by Crippen LogP contribution is 2.25. The van der Waals surface area contributed by atoms with Gasteiger partial charge in [0.2, 0.25) is 0 Å². The number of ether oxygens (including phenoxy) is 1.